The van der Waals surface area contributed by atoms with Crippen molar-refractivity contribution >= 4 is 11.6 Å². The Hall–Kier alpha value is -0.530. The first kappa shape index (κ1) is 9.68. The van der Waals surface area contributed by atoms with Crippen LogP contribution < -0.4 is 0 Å². The molecule has 2 fully saturated rings. The Kier molecular flexibility index (Phi) is 2.26. The molecule has 0 bridgehead atoms. The molecule has 80 valence electrons. The van der Waals surface area contributed by atoms with E-state index in [0.717, 1.165) is 11.4 Å². The van der Waals surface area contributed by atoms with Gasteiger partial charge < -0.3 is 4.74 Å². The molecule has 1 aromatic rings. The van der Waals surface area contributed by atoms with Crippen LogP contribution in [-0.2, 0) is 10.3 Å². The zero-order chi connectivity index (χ0) is 10.3. The lowest BCUT2D eigenvalue weighted by Gasteiger charge is -2.13. The van der Waals surface area contributed by atoms with E-state index in [9.17, 15) is 0 Å². The van der Waals surface area contributed by atoms with Crippen LogP contribution in [-0.4, -0.2) is 6.10 Å². The second kappa shape index (κ2) is 3.50. The van der Waals surface area contributed by atoms with Crippen molar-refractivity contribution < 1.29 is 4.74 Å². The Morgan fingerprint density at radius 2 is 2.07 bits per heavy atom. The van der Waals surface area contributed by atoms with E-state index in [1.54, 1.807) is 0 Å². The molecule has 0 aromatic heterocycles. The summed E-state index contributed by atoms with van der Waals surface area (Å²) in [7, 11) is 0. The van der Waals surface area contributed by atoms with Crippen LogP contribution in [0.3, 0.4) is 0 Å². The van der Waals surface area contributed by atoms with Gasteiger partial charge in [-0.2, -0.15) is 0 Å². The Labute approximate surface area is 95.4 Å². The zero-order valence-corrected chi connectivity index (χ0v) is 9.46. The first-order chi connectivity index (χ1) is 7.33. The summed E-state index contributed by atoms with van der Waals surface area (Å²) in [6.45, 7) is 0. The summed E-state index contributed by atoms with van der Waals surface area (Å²) in [6.07, 6.45) is 6.68. The normalized spacial score (nSPS) is 34.3. The molecular formula is C13H15ClO. The summed E-state index contributed by atoms with van der Waals surface area (Å²) in [4.78, 5) is 0. The van der Waals surface area contributed by atoms with Crippen molar-refractivity contribution in [1.82, 2.24) is 0 Å². The van der Waals surface area contributed by atoms with E-state index < -0.39 is 0 Å². The predicted molar refractivity (Wildman–Crippen MR) is 61.1 cm³/mol. The lowest BCUT2D eigenvalue weighted by atomic mass is 9.91. The highest BCUT2D eigenvalue weighted by atomic mass is 35.5. The van der Waals surface area contributed by atoms with Gasteiger partial charge in [0.25, 0.3) is 0 Å². The molecule has 1 nitrogen and oxygen atoms in total. The highest BCUT2D eigenvalue weighted by Crippen LogP contribution is 2.55. The van der Waals surface area contributed by atoms with E-state index >= 15 is 0 Å². The Morgan fingerprint density at radius 3 is 2.93 bits per heavy atom. The van der Waals surface area contributed by atoms with Crippen molar-refractivity contribution in [3.05, 3.63) is 34.9 Å². The fourth-order valence-corrected chi connectivity index (χ4v) is 3.10. The molecule has 0 unspecified atom stereocenters. The second-order valence-electron chi connectivity index (χ2n) is 4.58. The number of hydrogen-bond acceptors (Lipinski definition) is 1. The molecule has 1 saturated carbocycles. The van der Waals surface area contributed by atoms with Crippen LogP contribution in [0.25, 0.3) is 0 Å². The highest BCUT2D eigenvalue weighted by molar-refractivity contribution is 6.31. The molecule has 1 heterocycles. The molecule has 2 aliphatic rings. The summed E-state index contributed by atoms with van der Waals surface area (Å²) in [5.41, 5.74) is 1.19. The maximum atomic E-state index is 6.25. The summed E-state index contributed by atoms with van der Waals surface area (Å²) in [6, 6.07) is 8.12. The van der Waals surface area contributed by atoms with Crippen LogP contribution >= 0.6 is 11.6 Å². The Balaban J connectivity index is 1.97. The van der Waals surface area contributed by atoms with Gasteiger partial charge in [0.15, 0.2) is 0 Å². The minimum atomic E-state index is -0.0190. The zero-order valence-electron chi connectivity index (χ0n) is 8.71. The molecule has 15 heavy (non-hydrogen) atoms. The smallest absolute Gasteiger partial charge is 0.121 e. The minimum absolute atomic E-state index is 0.0190. The average molecular weight is 223 g/mol. The number of rotatable bonds is 1. The largest absolute Gasteiger partial charge is 0.361 e. The van der Waals surface area contributed by atoms with E-state index in [1.807, 2.05) is 12.1 Å². The van der Waals surface area contributed by atoms with Gasteiger partial charge in [-0.3, -0.25) is 0 Å². The predicted octanol–water partition coefficient (Wildman–Crippen LogP) is 3.90. The van der Waals surface area contributed by atoms with Gasteiger partial charge in [0, 0.05) is 10.6 Å². The maximum absolute atomic E-state index is 6.25. The number of epoxide rings is 1. The first-order valence-corrected chi connectivity index (χ1v) is 6.13. The number of ether oxygens (including phenoxy) is 1. The molecule has 0 radical (unpaired) electrons. The lowest BCUT2D eigenvalue weighted by molar-refractivity contribution is 0.265. The Morgan fingerprint density at radius 1 is 1.20 bits per heavy atom. The van der Waals surface area contributed by atoms with Gasteiger partial charge in [0.05, 0.1) is 6.10 Å². The van der Waals surface area contributed by atoms with Gasteiger partial charge in [0.1, 0.15) is 5.60 Å². The summed E-state index contributed by atoms with van der Waals surface area (Å²) in [5, 5.41) is 0.863. The van der Waals surface area contributed by atoms with Gasteiger partial charge in [-0.1, -0.05) is 49.1 Å². The molecular weight excluding hydrogens is 208 g/mol. The Bertz CT molecular complexity index is 377. The molecule has 2 atom stereocenters. The maximum Gasteiger partial charge on any atom is 0.121 e. The van der Waals surface area contributed by atoms with Crippen molar-refractivity contribution in [3.8, 4) is 0 Å². The van der Waals surface area contributed by atoms with Crippen molar-refractivity contribution in [3.63, 3.8) is 0 Å². The van der Waals surface area contributed by atoms with E-state index in [1.165, 1.54) is 31.2 Å². The van der Waals surface area contributed by atoms with Crippen molar-refractivity contribution in [2.24, 2.45) is 0 Å². The standard InChI is InChI=1S/C13H15ClO/c14-11-7-4-3-6-10(11)13-9-5-1-2-8-12(13)15-13/h3-4,6-7,12H,1-2,5,8-9H2/t12-,13-/m1/s1. The number of halogens is 1. The molecule has 1 aliphatic heterocycles. The first-order valence-electron chi connectivity index (χ1n) is 5.76. The topological polar surface area (TPSA) is 12.5 Å². The second-order valence-corrected chi connectivity index (χ2v) is 4.98. The third-order valence-electron chi connectivity index (χ3n) is 3.66. The van der Waals surface area contributed by atoms with Gasteiger partial charge in [-0.05, 0) is 18.9 Å². The van der Waals surface area contributed by atoms with Crippen LogP contribution in [0.15, 0.2) is 24.3 Å². The third kappa shape index (κ3) is 1.49. The van der Waals surface area contributed by atoms with Crippen molar-refractivity contribution in [2.75, 3.05) is 0 Å². The van der Waals surface area contributed by atoms with E-state index in [-0.39, 0.29) is 5.60 Å². The summed E-state index contributed by atoms with van der Waals surface area (Å²) < 4.78 is 5.93. The minimum Gasteiger partial charge on any atom is -0.361 e. The fraction of sp³-hybridized carbons (Fsp3) is 0.538. The van der Waals surface area contributed by atoms with Gasteiger partial charge in [-0.25, -0.2) is 0 Å². The molecule has 1 aliphatic carbocycles. The van der Waals surface area contributed by atoms with E-state index in [4.69, 9.17) is 16.3 Å². The average Bonchev–Trinajstić information content (AvgIpc) is 2.92. The summed E-state index contributed by atoms with van der Waals surface area (Å²) in [5.74, 6) is 0. The monoisotopic (exact) mass is 222 g/mol. The van der Waals surface area contributed by atoms with Crippen LogP contribution in [0.5, 0.6) is 0 Å². The number of fused-ring (bicyclic) bond motifs is 1. The molecule has 1 aromatic carbocycles. The number of hydrogen-bond donors (Lipinski definition) is 0. The van der Waals surface area contributed by atoms with Crippen LogP contribution in [0.2, 0.25) is 5.02 Å². The lowest BCUT2D eigenvalue weighted by Crippen LogP contribution is -2.12. The quantitative estimate of drug-likeness (QED) is 0.657. The third-order valence-corrected chi connectivity index (χ3v) is 3.99. The van der Waals surface area contributed by atoms with Gasteiger partial charge >= 0.3 is 0 Å². The molecule has 2 heteroatoms. The van der Waals surface area contributed by atoms with E-state index in [0.29, 0.717) is 6.10 Å². The SMILES string of the molecule is Clc1ccccc1[C@]12CCCCC[C@H]1O2. The highest BCUT2D eigenvalue weighted by Gasteiger charge is 2.57. The van der Waals surface area contributed by atoms with Gasteiger partial charge in [-0.15, -0.1) is 0 Å². The van der Waals surface area contributed by atoms with Gasteiger partial charge in [0.2, 0.25) is 0 Å². The molecule has 1 saturated heterocycles. The van der Waals surface area contributed by atoms with Crippen LogP contribution in [0.4, 0.5) is 0 Å². The van der Waals surface area contributed by atoms with Crippen LogP contribution in [0, 0.1) is 0 Å². The molecule has 3 rings (SSSR count). The molecule has 0 spiro atoms. The molecule has 0 amide bonds. The fourth-order valence-electron chi connectivity index (χ4n) is 2.80. The summed E-state index contributed by atoms with van der Waals surface area (Å²) >= 11 is 6.25. The van der Waals surface area contributed by atoms with E-state index in [2.05, 4.69) is 12.1 Å². The van der Waals surface area contributed by atoms with Crippen molar-refractivity contribution in [1.29, 1.82) is 0 Å². The molecule has 0 N–H and O–H groups in total. The van der Waals surface area contributed by atoms with Crippen LogP contribution in [0.1, 0.15) is 37.7 Å². The van der Waals surface area contributed by atoms with Crippen molar-refractivity contribution in [2.45, 2.75) is 43.8 Å². The number of benzene rings is 1.